The summed E-state index contributed by atoms with van der Waals surface area (Å²) in [5.74, 6) is 0.523. The summed E-state index contributed by atoms with van der Waals surface area (Å²) in [6.45, 7) is 4.55. The lowest BCUT2D eigenvalue weighted by molar-refractivity contribution is 0.464. The van der Waals surface area contributed by atoms with E-state index in [9.17, 15) is 5.11 Å². The van der Waals surface area contributed by atoms with Crippen LogP contribution in [0.25, 0.3) is 0 Å². The quantitative estimate of drug-likeness (QED) is 0.255. The van der Waals surface area contributed by atoms with Crippen LogP contribution in [-0.2, 0) is 12.8 Å². The van der Waals surface area contributed by atoms with Crippen molar-refractivity contribution in [3.05, 3.63) is 29.3 Å². The van der Waals surface area contributed by atoms with Crippen LogP contribution in [0.3, 0.4) is 0 Å². The molecule has 0 amide bonds. The third-order valence-electron chi connectivity index (χ3n) is 5.83. The molecular formula is C26H46O. The van der Waals surface area contributed by atoms with Crippen LogP contribution in [-0.4, -0.2) is 5.11 Å². The van der Waals surface area contributed by atoms with Crippen LogP contribution in [0.4, 0.5) is 0 Å². The Balaban J connectivity index is 2.21. The van der Waals surface area contributed by atoms with Crippen LogP contribution in [0, 0.1) is 0 Å². The Morgan fingerprint density at radius 3 is 1.52 bits per heavy atom. The molecule has 1 nitrogen and oxygen atoms in total. The van der Waals surface area contributed by atoms with Crippen molar-refractivity contribution in [3.63, 3.8) is 0 Å². The molecule has 0 heterocycles. The molecule has 0 aliphatic heterocycles. The predicted molar refractivity (Wildman–Crippen MR) is 121 cm³/mol. The topological polar surface area (TPSA) is 20.2 Å². The molecule has 0 unspecified atom stereocenters. The molecule has 1 heteroatoms. The van der Waals surface area contributed by atoms with Gasteiger partial charge in [-0.15, -0.1) is 0 Å². The van der Waals surface area contributed by atoms with E-state index >= 15 is 0 Å². The second kappa shape index (κ2) is 17.1. The van der Waals surface area contributed by atoms with E-state index in [-0.39, 0.29) is 0 Å². The monoisotopic (exact) mass is 374 g/mol. The minimum absolute atomic E-state index is 0.523. The third kappa shape index (κ3) is 12.2. The van der Waals surface area contributed by atoms with E-state index in [1.165, 1.54) is 114 Å². The normalized spacial score (nSPS) is 11.2. The van der Waals surface area contributed by atoms with Crippen molar-refractivity contribution < 1.29 is 5.11 Å². The van der Waals surface area contributed by atoms with Gasteiger partial charge >= 0.3 is 0 Å². The van der Waals surface area contributed by atoms with Gasteiger partial charge in [0.15, 0.2) is 0 Å². The van der Waals surface area contributed by atoms with E-state index < -0.39 is 0 Å². The predicted octanol–water partition coefficient (Wildman–Crippen LogP) is 8.76. The molecule has 1 aromatic carbocycles. The fourth-order valence-electron chi connectivity index (χ4n) is 4.03. The molecule has 0 saturated carbocycles. The molecule has 1 aromatic rings. The van der Waals surface area contributed by atoms with E-state index in [0.717, 1.165) is 12.8 Å². The molecule has 0 aliphatic rings. The van der Waals surface area contributed by atoms with Gasteiger partial charge in [0.25, 0.3) is 0 Å². The molecule has 0 saturated heterocycles. The highest BCUT2D eigenvalue weighted by atomic mass is 16.3. The number of aryl methyl sites for hydroxylation is 1. The first-order chi connectivity index (χ1) is 13.3. The molecule has 0 atom stereocenters. The number of rotatable bonds is 18. The molecule has 0 spiro atoms. The number of aromatic hydroxyl groups is 1. The molecule has 0 bridgehead atoms. The Labute approximate surface area is 170 Å². The largest absolute Gasteiger partial charge is 0.508 e. The maximum atomic E-state index is 10.3. The Bertz CT molecular complexity index is 452. The second-order valence-corrected chi connectivity index (χ2v) is 8.36. The van der Waals surface area contributed by atoms with Crippen LogP contribution in [0.15, 0.2) is 18.2 Å². The van der Waals surface area contributed by atoms with Crippen LogP contribution >= 0.6 is 0 Å². The van der Waals surface area contributed by atoms with Crippen LogP contribution in [0.2, 0.25) is 0 Å². The maximum Gasteiger partial charge on any atom is 0.119 e. The summed E-state index contributed by atoms with van der Waals surface area (Å²) in [6.07, 6.45) is 23.9. The zero-order chi connectivity index (χ0) is 19.6. The minimum atomic E-state index is 0.523. The van der Waals surface area contributed by atoms with Crippen LogP contribution < -0.4 is 0 Å². The lowest BCUT2D eigenvalue weighted by Gasteiger charge is -2.12. The number of benzene rings is 1. The summed E-state index contributed by atoms with van der Waals surface area (Å²) < 4.78 is 0. The molecule has 27 heavy (non-hydrogen) atoms. The first-order valence-corrected chi connectivity index (χ1v) is 12.1. The van der Waals surface area contributed by atoms with Gasteiger partial charge in [-0.05, 0) is 42.9 Å². The Morgan fingerprint density at radius 1 is 0.556 bits per heavy atom. The maximum absolute atomic E-state index is 10.3. The minimum Gasteiger partial charge on any atom is -0.508 e. The zero-order valence-corrected chi connectivity index (χ0v) is 18.4. The highest BCUT2D eigenvalue weighted by Gasteiger charge is 2.07. The summed E-state index contributed by atoms with van der Waals surface area (Å²) >= 11 is 0. The van der Waals surface area contributed by atoms with Gasteiger partial charge in [0.1, 0.15) is 5.75 Å². The number of phenols is 1. The molecule has 0 aliphatic carbocycles. The van der Waals surface area contributed by atoms with E-state index in [1.807, 2.05) is 12.1 Å². The van der Waals surface area contributed by atoms with Gasteiger partial charge in [0, 0.05) is 0 Å². The summed E-state index contributed by atoms with van der Waals surface area (Å²) in [5.41, 5.74) is 2.62. The Kier molecular flexibility index (Phi) is 15.3. The van der Waals surface area contributed by atoms with Gasteiger partial charge < -0.3 is 5.11 Å². The van der Waals surface area contributed by atoms with Crippen molar-refractivity contribution in [2.45, 2.75) is 129 Å². The van der Waals surface area contributed by atoms with Crippen molar-refractivity contribution in [1.29, 1.82) is 0 Å². The summed E-state index contributed by atoms with van der Waals surface area (Å²) in [4.78, 5) is 0. The Morgan fingerprint density at radius 2 is 1.00 bits per heavy atom. The molecule has 0 radical (unpaired) electrons. The standard InChI is InChI=1S/C26H46O/c1-3-5-7-9-11-13-15-17-20-24-21-19-23-26(27)25(24)22-18-16-14-12-10-8-6-4-2/h19,21,23,27H,3-18,20,22H2,1-2H3. The van der Waals surface area contributed by atoms with E-state index in [4.69, 9.17) is 0 Å². The SMILES string of the molecule is CCCCCCCCCCc1cccc(O)c1CCCCCCCCCC. The highest BCUT2D eigenvalue weighted by molar-refractivity contribution is 5.39. The van der Waals surface area contributed by atoms with Gasteiger partial charge in [0.2, 0.25) is 0 Å². The van der Waals surface area contributed by atoms with Gasteiger partial charge in [-0.3, -0.25) is 0 Å². The smallest absolute Gasteiger partial charge is 0.119 e. The first-order valence-electron chi connectivity index (χ1n) is 12.1. The van der Waals surface area contributed by atoms with Crippen molar-refractivity contribution in [2.75, 3.05) is 0 Å². The summed E-state index contributed by atoms with van der Waals surface area (Å²) in [5, 5.41) is 10.3. The molecule has 0 aromatic heterocycles. The number of hydrogen-bond acceptors (Lipinski definition) is 1. The molecular weight excluding hydrogens is 328 g/mol. The van der Waals surface area contributed by atoms with Crippen LogP contribution in [0.1, 0.15) is 128 Å². The van der Waals surface area contributed by atoms with Crippen molar-refractivity contribution in [2.24, 2.45) is 0 Å². The van der Waals surface area contributed by atoms with E-state index in [2.05, 4.69) is 19.9 Å². The van der Waals surface area contributed by atoms with Crippen molar-refractivity contribution >= 4 is 0 Å². The summed E-state index contributed by atoms with van der Waals surface area (Å²) in [7, 11) is 0. The average molecular weight is 375 g/mol. The number of phenolic OH excluding ortho intramolecular Hbond substituents is 1. The first kappa shape index (κ1) is 24.1. The van der Waals surface area contributed by atoms with Gasteiger partial charge in [-0.2, -0.15) is 0 Å². The fraction of sp³-hybridized carbons (Fsp3) is 0.769. The molecule has 1 N–H and O–H groups in total. The third-order valence-corrected chi connectivity index (χ3v) is 5.83. The van der Waals surface area contributed by atoms with Crippen molar-refractivity contribution in [3.8, 4) is 5.75 Å². The average Bonchev–Trinajstić information content (AvgIpc) is 2.67. The fourth-order valence-corrected chi connectivity index (χ4v) is 4.03. The van der Waals surface area contributed by atoms with E-state index in [0.29, 0.717) is 5.75 Å². The number of hydrogen-bond donors (Lipinski definition) is 1. The van der Waals surface area contributed by atoms with Crippen LogP contribution in [0.5, 0.6) is 5.75 Å². The number of unbranched alkanes of at least 4 members (excludes halogenated alkanes) is 14. The van der Waals surface area contributed by atoms with Gasteiger partial charge in [0.05, 0.1) is 0 Å². The van der Waals surface area contributed by atoms with Crippen molar-refractivity contribution in [1.82, 2.24) is 0 Å². The molecule has 1 rings (SSSR count). The Hall–Kier alpha value is -0.980. The highest BCUT2D eigenvalue weighted by Crippen LogP contribution is 2.25. The molecule has 0 fully saturated rings. The lowest BCUT2D eigenvalue weighted by Crippen LogP contribution is -1.96. The second-order valence-electron chi connectivity index (χ2n) is 8.36. The van der Waals surface area contributed by atoms with Gasteiger partial charge in [-0.25, -0.2) is 0 Å². The van der Waals surface area contributed by atoms with E-state index in [1.54, 1.807) is 0 Å². The molecule has 156 valence electrons. The lowest BCUT2D eigenvalue weighted by atomic mass is 9.95. The zero-order valence-electron chi connectivity index (χ0n) is 18.4. The summed E-state index contributed by atoms with van der Waals surface area (Å²) in [6, 6.07) is 6.13. The van der Waals surface area contributed by atoms with Gasteiger partial charge in [-0.1, -0.05) is 116 Å².